The fourth-order valence-corrected chi connectivity index (χ4v) is 4.54. The molecule has 0 amide bonds. The van der Waals surface area contributed by atoms with E-state index in [1.165, 1.54) is 6.42 Å². The van der Waals surface area contributed by atoms with Crippen LogP contribution in [-0.4, -0.2) is 58.0 Å². The molecular formula is C16H30N4O3S. The lowest BCUT2D eigenvalue weighted by Gasteiger charge is -2.25. The molecule has 3 aliphatic rings. The van der Waals surface area contributed by atoms with E-state index >= 15 is 0 Å². The van der Waals surface area contributed by atoms with Crippen molar-refractivity contribution in [1.82, 2.24) is 15.4 Å². The van der Waals surface area contributed by atoms with Gasteiger partial charge < -0.3 is 15.4 Å². The third kappa shape index (κ3) is 4.83. The van der Waals surface area contributed by atoms with E-state index in [-0.39, 0.29) is 24.4 Å². The number of ether oxygens (including phenoxy) is 1. The number of nitrogens with zero attached hydrogens (tertiary/aromatic N) is 1. The SMILES string of the molecule is CCNC(=NCCS(=O)(=O)NCC1CCC1)NC1CC2CCC1O2. The largest absolute Gasteiger partial charge is 0.373 e. The molecule has 0 spiro atoms. The van der Waals surface area contributed by atoms with Gasteiger partial charge in [-0.3, -0.25) is 4.99 Å². The molecule has 1 aliphatic carbocycles. The van der Waals surface area contributed by atoms with Gasteiger partial charge in [-0.2, -0.15) is 0 Å². The third-order valence-electron chi connectivity index (χ3n) is 5.22. The number of sulfonamides is 1. The van der Waals surface area contributed by atoms with Gasteiger partial charge in [-0.1, -0.05) is 6.42 Å². The molecule has 3 unspecified atom stereocenters. The van der Waals surface area contributed by atoms with Gasteiger partial charge in [-0.25, -0.2) is 13.1 Å². The lowest BCUT2D eigenvalue weighted by atomic mass is 9.86. The van der Waals surface area contributed by atoms with Crippen LogP contribution in [0.2, 0.25) is 0 Å². The van der Waals surface area contributed by atoms with Crippen LogP contribution in [-0.2, 0) is 14.8 Å². The first kappa shape index (κ1) is 17.9. The molecule has 3 atom stereocenters. The molecule has 1 saturated carbocycles. The minimum atomic E-state index is -3.24. The highest BCUT2D eigenvalue weighted by Crippen LogP contribution is 2.34. The zero-order valence-electron chi connectivity index (χ0n) is 14.5. The van der Waals surface area contributed by atoms with Gasteiger partial charge in [0.25, 0.3) is 0 Å². The van der Waals surface area contributed by atoms with Crippen molar-refractivity contribution in [3.8, 4) is 0 Å². The number of hydrogen-bond donors (Lipinski definition) is 3. The molecule has 2 aliphatic heterocycles. The summed E-state index contributed by atoms with van der Waals surface area (Å²) in [5.41, 5.74) is 0. The van der Waals surface area contributed by atoms with Crippen molar-refractivity contribution in [3.63, 3.8) is 0 Å². The van der Waals surface area contributed by atoms with Crippen LogP contribution in [0.25, 0.3) is 0 Å². The number of guanidine groups is 1. The Labute approximate surface area is 145 Å². The first-order chi connectivity index (χ1) is 11.6. The van der Waals surface area contributed by atoms with Crippen molar-refractivity contribution >= 4 is 16.0 Å². The maximum absolute atomic E-state index is 12.0. The van der Waals surface area contributed by atoms with E-state index in [1.807, 2.05) is 6.92 Å². The molecule has 7 nitrogen and oxygen atoms in total. The van der Waals surface area contributed by atoms with E-state index in [2.05, 4.69) is 20.3 Å². The van der Waals surface area contributed by atoms with Crippen LogP contribution in [0, 0.1) is 5.92 Å². The lowest BCUT2D eigenvalue weighted by Crippen LogP contribution is -2.47. The summed E-state index contributed by atoms with van der Waals surface area (Å²) in [7, 11) is -3.24. The average molecular weight is 359 g/mol. The molecule has 2 heterocycles. The van der Waals surface area contributed by atoms with E-state index in [0.29, 0.717) is 24.5 Å². The quantitative estimate of drug-likeness (QED) is 0.436. The molecule has 0 aromatic carbocycles. The van der Waals surface area contributed by atoms with Gasteiger partial charge in [0.05, 0.1) is 30.5 Å². The maximum atomic E-state index is 12.0. The molecule has 0 radical (unpaired) electrons. The highest BCUT2D eigenvalue weighted by atomic mass is 32.2. The van der Waals surface area contributed by atoms with Crippen molar-refractivity contribution < 1.29 is 13.2 Å². The van der Waals surface area contributed by atoms with E-state index in [4.69, 9.17) is 4.74 Å². The van der Waals surface area contributed by atoms with Crippen molar-refractivity contribution in [3.05, 3.63) is 0 Å². The van der Waals surface area contributed by atoms with Gasteiger partial charge in [0.1, 0.15) is 0 Å². The van der Waals surface area contributed by atoms with Crippen LogP contribution in [0.3, 0.4) is 0 Å². The Morgan fingerprint density at radius 2 is 2.08 bits per heavy atom. The Kier molecular flexibility index (Phi) is 5.99. The smallest absolute Gasteiger partial charge is 0.213 e. The van der Waals surface area contributed by atoms with Crippen molar-refractivity contribution in [2.75, 3.05) is 25.4 Å². The standard InChI is InChI=1S/C16H30N4O3S/c1-2-17-16(20-14-10-13-6-7-15(14)23-13)18-8-9-24(21,22)19-11-12-4-3-5-12/h12-15,19H,2-11H2,1H3,(H2,17,18,20). The van der Waals surface area contributed by atoms with Crippen LogP contribution >= 0.6 is 0 Å². The van der Waals surface area contributed by atoms with Crippen molar-refractivity contribution in [2.24, 2.45) is 10.9 Å². The van der Waals surface area contributed by atoms with Crippen LogP contribution in [0.15, 0.2) is 4.99 Å². The van der Waals surface area contributed by atoms with Crippen LogP contribution in [0.1, 0.15) is 45.4 Å². The van der Waals surface area contributed by atoms with E-state index in [9.17, 15) is 8.42 Å². The van der Waals surface area contributed by atoms with Gasteiger partial charge in [0.15, 0.2) is 5.96 Å². The maximum Gasteiger partial charge on any atom is 0.213 e. The lowest BCUT2D eigenvalue weighted by molar-refractivity contribution is 0.0992. The fourth-order valence-electron chi connectivity index (χ4n) is 3.58. The second kappa shape index (κ2) is 8.01. The Hall–Kier alpha value is -0.860. The molecule has 0 aromatic rings. The Morgan fingerprint density at radius 1 is 1.25 bits per heavy atom. The van der Waals surface area contributed by atoms with E-state index < -0.39 is 10.0 Å². The van der Waals surface area contributed by atoms with Crippen LogP contribution in [0.4, 0.5) is 0 Å². The van der Waals surface area contributed by atoms with Crippen LogP contribution < -0.4 is 15.4 Å². The second-order valence-electron chi connectivity index (χ2n) is 7.09. The highest BCUT2D eigenvalue weighted by Gasteiger charge is 2.41. The molecule has 2 bridgehead atoms. The Morgan fingerprint density at radius 3 is 2.67 bits per heavy atom. The van der Waals surface area contributed by atoms with E-state index in [0.717, 1.165) is 38.6 Å². The summed E-state index contributed by atoms with van der Waals surface area (Å²) in [4.78, 5) is 4.43. The summed E-state index contributed by atoms with van der Waals surface area (Å²) in [6, 6.07) is 0.287. The Bertz CT molecular complexity index is 548. The normalized spacial score (nSPS) is 30.4. The molecule has 3 N–H and O–H groups in total. The first-order valence-corrected chi connectivity index (χ1v) is 10.9. The second-order valence-corrected chi connectivity index (χ2v) is 9.01. The van der Waals surface area contributed by atoms with E-state index in [1.54, 1.807) is 0 Å². The fraction of sp³-hybridized carbons (Fsp3) is 0.938. The number of aliphatic imine (C=N–C) groups is 1. The molecule has 2 saturated heterocycles. The minimum Gasteiger partial charge on any atom is -0.373 e. The molecule has 0 aromatic heterocycles. The minimum absolute atomic E-state index is 0.0313. The summed E-state index contributed by atoms with van der Waals surface area (Å²) in [6.07, 6.45) is 7.42. The summed E-state index contributed by atoms with van der Waals surface area (Å²) >= 11 is 0. The van der Waals surface area contributed by atoms with Gasteiger partial charge in [-0.15, -0.1) is 0 Å². The zero-order valence-corrected chi connectivity index (χ0v) is 15.3. The third-order valence-corrected chi connectivity index (χ3v) is 6.55. The number of fused-ring (bicyclic) bond motifs is 2. The van der Waals surface area contributed by atoms with Crippen molar-refractivity contribution in [2.45, 2.75) is 63.7 Å². The highest BCUT2D eigenvalue weighted by molar-refractivity contribution is 7.89. The predicted octanol–water partition coefficient (Wildman–Crippen LogP) is 0.581. The predicted molar refractivity (Wildman–Crippen MR) is 94.5 cm³/mol. The number of rotatable bonds is 8. The molecule has 3 rings (SSSR count). The van der Waals surface area contributed by atoms with Crippen molar-refractivity contribution in [1.29, 1.82) is 0 Å². The molecular weight excluding hydrogens is 328 g/mol. The van der Waals surface area contributed by atoms with Gasteiger partial charge in [-0.05, 0) is 44.9 Å². The number of nitrogens with one attached hydrogen (secondary N) is 3. The summed E-state index contributed by atoms with van der Waals surface area (Å²) in [6.45, 7) is 3.59. The van der Waals surface area contributed by atoms with Gasteiger partial charge in [0.2, 0.25) is 10.0 Å². The summed E-state index contributed by atoms with van der Waals surface area (Å²) in [5, 5.41) is 6.59. The molecule has 24 heavy (non-hydrogen) atoms. The molecule has 138 valence electrons. The van der Waals surface area contributed by atoms with Gasteiger partial charge in [0, 0.05) is 13.1 Å². The monoisotopic (exact) mass is 358 g/mol. The topological polar surface area (TPSA) is 91.8 Å². The number of hydrogen-bond acceptors (Lipinski definition) is 4. The van der Waals surface area contributed by atoms with Gasteiger partial charge >= 0.3 is 0 Å². The Balaban J connectivity index is 1.44. The summed E-state index contributed by atoms with van der Waals surface area (Å²) in [5.74, 6) is 1.25. The zero-order chi connectivity index (χ0) is 17.0. The average Bonchev–Trinajstić information content (AvgIpc) is 3.08. The summed E-state index contributed by atoms with van der Waals surface area (Å²) < 4.78 is 32.6. The first-order valence-electron chi connectivity index (χ1n) is 9.23. The molecule has 8 heteroatoms. The van der Waals surface area contributed by atoms with Crippen LogP contribution in [0.5, 0.6) is 0 Å². The molecule has 3 fully saturated rings.